The number of rotatable bonds is 8. The molecule has 1 aliphatic heterocycles. The van der Waals surface area contributed by atoms with Gasteiger partial charge in [0.1, 0.15) is 11.5 Å². The molecule has 0 aromatic heterocycles. The summed E-state index contributed by atoms with van der Waals surface area (Å²) in [5, 5.41) is 0. The number of carbonyl (C=O) groups is 1. The first-order valence-electron chi connectivity index (χ1n) is 9.76. The van der Waals surface area contributed by atoms with Gasteiger partial charge in [-0.2, -0.15) is 8.42 Å². The molecule has 3 rings (SSSR count). The van der Waals surface area contributed by atoms with E-state index in [0.717, 1.165) is 23.1 Å². The van der Waals surface area contributed by atoms with Crippen LogP contribution in [0.3, 0.4) is 0 Å². The molecule has 0 radical (unpaired) electrons. The number of carbonyl (C=O) groups excluding carboxylic acids is 1. The van der Waals surface area contributed by atoms with E-state index in [0.29, 0.717) is 26.2 Å². The maximum Gasteiger partial charge on any atom is 0.366 e. The summed E-state index contributed by atoms with van der Waals surface area (Å²) in [6.45, 7) is 2.73. The zero-order valence-corrected chi connectivity index (χ0v) is 18.5. The molecule has 1 fully saturated rings. The van der Waals surface area contributed by atoms with E-state index < -0.39 is 21.9 Å². The molecule has 0 aliphatic carbocycles. The van der Waals surface area contributed by atoms with Crippen LogP contribution in [0.15, 0.2) is 48.5 Å². The third-order valence-corrected chi connectivity index (χ3v) is 5.35. The number of hydrogen-bond donors (Lipinski definition) is 0. The highest BCUT2D eigenvalue weighted by Gasteiger charge is 2.41. The van der Waals surface area contributed by atoms with Crippen LogP contribution < -0.4 is 8.92 Å². The van der Waals surface area contributed by atoms with Gasteiger partial charge in [0.2, 0.25) is 0 Å². The first-order valence-corrected chi connectivity index (χ1v) is 11.6. The summed E-state index contributed by atoms with van der Waals surface area (Å²) in [5.74, 6) is -0.876. The van der Waals surface area contributed by atoms with Crippen LogP contribution >= 0.6 is 0 Å². The van der Waals surface area contributed by atoms with E-state index in [4.69, 9.17) is 23.1 Å². The molecule has 2 aromatic rings. The van der Waals surface area contributed by atoms with E-state index in [9.17, 15) is 13.2 Å². The van der Waals surface area contributed by atoms with Crippen LogP contribution in [0.2, 0.25) is 0 Å². The first kappa shape index (κ1) is 23.1. The Morgan fingerprint density at radius 2 is 1.61 bits per heavy atom. The normalized spacial score (nSPS) is 21.3. The van der Waals surface area contributed by atoms with Gasteiger partial charge < -0.3 is 23.1 Å². The average molecular weight is 451 g/mol. The van der Waals surface area contributed by atoms with Gasteiger partial charge in [0.15, 0.2) is 0 Å². The van der Waals surface area contributed by atoms with Gasteiger partial charge in [0.25, 0.3) is 5.79 Å². The van der Waals surface area contributed by atoms with Crippen LogP contribution in [0.4, 0.5) is 0 Å². The second-order valence-electron chi connectivity index (χ2n) is 7.36. The third-order valence-electron chi connectivity index (χ3n) is 4.86. The molecule has 1 aliphatic rings. The van der Waals surface area contributed by atoms with Crippen molar-refractivity contribution in [2.75, 3.05) is 33.2 Å². The Labute approximate surface area is 182 Å². The monoisotopic (exact) mass is 450 g/mol. The molecule has 0 saturated carbocycles. The minimum atomic E-state index is -3.53. The van der Waals surface area contributed by atoms with Crippen LogP contribution in [0, 0.1) is 0 Å². The van der Waals surface area contributed by atoms with E-state index in [-0.39, 0.29) is 11.7 Å². The molecule has 1 heterocycles. The van der Waals surface area contributed by atoms with Gasteiger partial charge >= 0.3 is 16.1 Å². The molecule has 1 saturated heterocycles. The lowest BCUT2D eigenvalue weighted by Gasteiger charge is -2.35. The van der Waals surface area contributed by atoms with E-state index in [1.165, 1.54) is 7.11 Å². The lowest BCUT2D eigenvalue weighted by Crippen LogP contribution is -2.47. The van der Waals surface area contributed by atoms with E-state index in [1.807, 2.05) is 24.3 Å². The summed E-state index contributed by atoms with van der Waals surface area (Å²) in [6, 6.07) is 14.5. The summed E-state index contributed by atoms with van der Waals surface area (Å²) >= 11 is 0. The Bertz CT molecular complexity index is 975. The Balaban J connectivity index is 1.46. The fourth-order valence-corrected chi connectivity index (χ4v) is 3.57. The number of methoxy groups -OCH3 is 1. The van der Waals surface area contributed by atoms with Gasteiger partial charge in [-0.3, -0.25) is 0 Å². The van der Waals surface area contributed by atoms with Gasteiger partial charge in [-0.05, 0) is 35.4 Å². The minimum absolute atomic E-state index is 0.0134. The molecule has 31 heavy (non-hydrogen) atoms. The Hall–Kier alpha value is -2.62. The molecule has 0 unspecified atom stereocenters. The summed E-state index contributed by atoms with van der Waals surface area (Å²) in [5.41, 5.74) is 2.03. The van der Waals surface area contributed by atoms with Crippen molar-refractivity contribution in [3.8, 4) is 11.5 Å². The summed E-state index contributed by atoms with van der Waals surface area (Å²) in [6.07, 6.45) is 1.67. The topological polar surface area (TPSA) is 97.4 Å². The van der Waals surface area contributed by atoms with Gasteiger partial charge in [-0.1, -0.05) is 24.3 Å². The van der Waals surface area contributed by atoms with Crippen molar-refractivity contribution in [1.82, 2.24) is 0 Å². The highest BCUT2D eigenvalue weighted by molar-refractivity contribution is 7.86. The molecule has 168 valence electrons. The van der Waals surface area contributed by atoms with Crippen LogP contribution in [0.25, 0.3) is 0 Å². The molecule has 0 atom stereocenters. The maximum absolute atomic E-state index is 11.7. The Morgan fingerprint density at radius 3 is 2.16 bits per heavy atom. The van der Waals surface area contributed by atoms with Crippen LogP contribution in [-0.2, 0) is 35.5 Å². The fourth-order valence-electron chi connectivity index (χ4n) is 3.11. The van der Waals surface area contributed by atoms with Crippen molar-refractivity contribution in [3.05, 3.63) is 59.7 Å². The Kier molecular flexibility index (Phi) is 7.19. The molecule has 8 nitrogen and oxygen atoms in total. The lowest BCUT2D eigenvalue weighted by molar-refractivity contribution is -0.264. The molecular weight excluding hydrogens is 424 g/mol. The second kappa shape index (κ2) is 9.67. The highest BCUT2D eigenvalue weighted by atomic mass is 32.2. The summed E-state index contributed by atoms with van der Waals surface area (Å²) < 4.78 is 48.8. The van der Waals surface area contributed by atoms with Crippen molar-refractivity contribution in [1.29, 1.82) is 0 Å². The maximum atomic E-state index is 11.7. The SMILES string of the molecule is COC(=O)[C@]1(C)OC[C@H](c2ccc(OCCc3ccc(OS(C)(=O)=O)cc3)cc2)CO1. The standard InChI is InChI=1S/C22H26O8S/c1-22(21(23)26-2)28-14-18(15-29-22)17-6-10-19(11-7-17)27-13-12-16-4-8-20(9-5-16)30-31(3,24)25/h4-11,18H,12-15H2,1-3H3/t18-,22+. The Morgan fingerprint density at radius 1 is 1.03 bits per heavy atom. The molecule has 9 heteroatoms. The minimum Gasteiger partial charge on any atom is -0.493 e. The van der Waals surface area contributed by atoms with E-state index >= 15 is 0 Å². The molecule has 0 N–H and O–H groups in total. The second-order valence-corrected chi connectivity index (χ2v) is 8.93. The van der Waals surface area contributed by atoms with Crippen molar-refractivity contribution in [2.24, 2.45) is 0 Å². The predicted octanol–water partition coefficient (Wildman–Crippen LogP) is 2.67. The number of benzene rings is 2. The van der Waals surface area contributed by atoms with Gasteiger partial charge in [-0.15, -0.1) is 0 Å². The average Bonchev–Trinajstić information content (AvgIpc) is 2.74. The van der Waals surface area contributed by atoms with Crippen LogP contribution in [0.5, 0.6) is 11.5 Å². The fraction of sp³-hybridized carbons (Fsp3) is 0.409. The van der Waals surface area contributed by atoms with Crippen molar-refractivity contribution in [3.63, 3.8) is 0 Å². The van der Waals surface area contributed by atoms with Gasteiger partial charge in [-0.25, -0.2) is 4.79 Å². The first-order chi connectivity index (χ1) is 14.7. The smallest absolute Gasteiger partial charge is 0.366 e. The van der Waals surface area contributed by atoms with Gasteiger partial charge in [0.05, 0.1) is 33.2 Å². The number of esters is 1. The van der Waals surface area contributed by atoms with Gasteiger partial charge in [0, 0.05) is 19.3 Å². The number of ether oxygens (including phenoxy) is 4. The van der Waals surface area contributed by atoms with Crippen LogP contribution in [-0.4, -0.2) is 53.4 Å². The van der Waals surface area contributed by atoms with E-state index in [1.54, 1.807) is 31.2 Å². The third kappa shape index (κ3) is 6.43. The highest BCUT2D eigenvalue weighted by Crippen LogP contribution is 2.29. The van der Waals surface area contributed by atoms with Crippen LogP contribution in [0.1, 0.15) is 24.0 Å². The van der Waals surface area contributed by atoms with Crippen molar-refractivity contribution in [2.45, 2.75) is 25.0 Å². The van der Waals surface area contributed by atoms with E-state index in [2.05, 4.69) is 0 Å². The largest absolute Gasteiger partial charge is 0.493 e. The molecule has 0 spiro atoms. The number of hydrogen-bond acceptors (Lipinski definition) is 8. The zero-order chi connectivity index (χ0) is 22.5. The summed E-state index contributed by atoms with van der Waals surface area (Å²) in [4.78, 5) is 11.7. The molecular formula is C22H26O8S. The van der Waals surface area contributed by atoms with Crippen molar-refractivity contribution >= 4 is 16.1 Å². The molecule has 0 amide bonds. The molecule has 2 aromatic carbocycles. The lowest BCUT2D eigenvalue weighted by atomic mass is 9.99. The molecule has 0 bridgehead atoms. The zero-order valence-electron chi connectivity index (χ0n) is 17.7. The van der Waals surface area contributed by atoms with Crippen molar-refractivity contribution < 1.29 is 36.3 Å². The predicted molar refractivity (Wildman–Crippen MR) is 113 cm³/mol. The summed E-state index contributed by atoms with van der Waals surface area (Å²) in [7, 11) is -2.23. The quantitative estimate of drug-likeness (QED) is 0.447.